The molecule has 5 heterocycles. The largest absolute Gasteiger partial charge is 0.462 e. The summed E-state index contributed by atoms with van der Waals surface area (Å²) in [6, 6.07) is 5.38. The second-order valence-electron chi connectivity index (χ2n) is 11.7. The highest BCUT2D eigenvalue weighted by Gasteiger charge is 2.35. The molecule has 4 aliphatic rings. The van der Waals surface area contributed by atoms with Gasteiger partial charge in [-0.25, -0.2) is 0 Å². The first-order valence-electron chi connectivity index (χ1n) is 15.0. The summed E-state index contributed by atoms with van der Waals surface area (Å²) in [5, 5.41) is 9.51. The average molecular weight is 557 g/mol. The molecule has 10 nitrogen and oxygen atoms in total. The molecule has 1 unspecified atom stereocenters. The van der Waals surface area contributed by atoms with Gasteiger partial charge in [0.15, 0.2) is 0 Å². The number of rotatable bonds is 7. The summed E-state index contributed by atoms with van der Waals surface area (Å²) in [5.41, 5.74) is 4.87. The maximum atomic E-state index is 12.5. The molecular formula is C31H40N8O2. The number of hydrogen-bond donors (Lipinski definition) is 0. The van der Waals surface area contributed by atoms with E-state index in [1.807, 2.05) is 12.4 Å². The predicted octanol–water partition coefficient (Wildman–Crippen LogP) is 2.77. The topological polar surface area (TPSA) is 102 Å². The summed E-state index contributed by atoms with van der Waals surface area (Å²) in [4.78, 5) is 35.8. The number of nitrogens with zero attached hydrogens (tertiary/aromatic N) is 8. The van der Waals surface area contributed by atoms with Gasteiger partial charge in [0.2, 0.25) is 5.91 Å². The fourth-order valence-electron chi connectivity index (χ4n) is 7.08. The van der Waals surface area contributed by atoms with Gasteiger partial charge in [-0.15, -0.1) is 0 Å². The van der Waals surface area contributed by atoms with Crippen LogP contribution in [-0.4, -0.2) is 95.2 Å². The van der Waals surface area contributed by atoms with Crippen LogP contribution in [0.2, 0.25) is 0 Å². The molecule has 0 bridgehead atoms. The van der Waals surface area contributed by atoms with E-state index in [1.165, 1.54) is 29.3 Å². The van der Waals surface area contributed by atoms with Crippen LogP contribution in [0.3, 0.4) is 0 Å². The second-order valence-corrected chi connectivity index (χ2v) is 11.7. The monoisotopic (exact) mass is 556 g/mol. The maximum absolute atomic E-state index is 12.5. The summed E-state index contributed by atoms with van der Waals surface area (Å²) >= 11 is 0. The lowest BCUT2D eigenvalue weighted by molar-refractivity contribution is -0.128. The first kappa shape index (κ1) is 27.5. The minimum absolute atomic E-state index is 0.126. The average Bonchev–Trinajstić information content (AvgIpc) is 3.43. The Morgan fingerprint density at radius 1 is 1.17 bits per heavy atom. The molecule has 2 aromatic rings. The SMILES string of the molecule is C=CC(=O)N1CCN(c2nc(OC[C@@H]3CCCN3C)nc3c2CCC(N2CCCc4cnccc42)C3)C[C@@H]1CC#N. The van der Waals surface area contributed by atoms with Crippen molar-refractivity contribution in [3.8, 4) is 12.1 Å². The van der Waals surface area contributed by atoms with Crippen LogP contribution < -0.4 is 14.5 Å². The normalized spacial score (nSPS) is 24.4. The summed E-state index contributed by atoms with van der Waals surface area (Å²) in [5.74, 6) is 0.777. The number of hydrogen-bond acceptors (Lipinski definition) is 9. The van der Waals surface area contributed by atoms with Gasteiger partial charge in [0.05, 0.1) is 24.2 Å². The van der Waals surface area contributed by atoms with Gasteiger partial charge >= 0.3 is 6.01 Å². The number of carbonyl (C=O) groups excluding carboxylic acids is 1. The van der Waals surface area contributed by atoms with Gasteiger partial charge in [0.1, 0.15) is 12.4 Å². The third kappa shape index (κ3) is 5.60. The van der Waals surface area contributed by atoms with E-state index in [9.17, 15) is 10.1 Å². The number of nitriles is 1. The minimum atomic E-state index is -0.212. The minimum Gasteiger partial charge on any atom is -0.462 e. The Labute approximate surface area is 242 Å². The van der Waals surface area contributed by atoms with Crippen molar-refractivity contribution in [2.24, 2.45) is 0 Å². The molecule has 1 aliphatic carbocycles. The van der Waals surface area contributed by atoms with Crippen molar-refractivity contribution in [2.45, 2.75) is 69.5 Å². The fraction of sp³-hybridized carbons (Fsp3) is 0.581. The molecule has 10 heteroatoms. The van der Waals surface area contributed by atoms with E-state index in [4.69, 9.17) is 14.7 Å². The number of anilines is 2. The Morgan fingerprint density at radius 3 is 2.88 bits per heavy atom. The van der Waals surface area contributed by atoms with E-state index in [0.29, 0.717) is 44.3 Å². The quantitative estimate of drug-likeness (QED) is 0.477. The number of likely N-dealkylation sites (tertiary alicyclic amines) is 1. The van der Waals surface area contributed by atoms with Crippen LogP contribution in [0.15, 0.2) is 31.1 Å². The standard InChI is InChI=1S/C31H40N8O2/c1-3-29(40)39-17-16-37(20-24(39)10-12-32)30-26-9-8-23(38-15-4-6-22-19-33-13-11-28(22)38)18-27(26)34-31(35-30)41-21-25-7-5-14-36(25)2/h3,11,13,19,23-25H,1,4-10,14-18,20-21H2,2H3/t23?,24-,25-/m0/s1. The number of amides is 1. The van der Waals surface area contributed by atoms with E-state index in [0.717, 1.165) is 63.1 Å². The van der Waals surface area contributed by atoms with Gasteiger partial charge in [0, 0.05) is 68.3 Å². The van der Waals surface area contributed by atoms with E-state index in [-0.39, 0.29) is 18.4 Å². The third-order valence-corrected chi connectivity index (χ3v) is 9.32. The molecule has 0 aromatic carbocycles. The molecule has 1 amide bonds. The van der Waals surface area contributed by atoms with Crippen LogP contribution in [0.25, 0.3) is 0 Å². The van der Waals surface area contributed by atoms with Gasteiger partial charge in [-0.3, -0.25) is 9.78 Å². The van der Waals surface area contributed by atoms with Crippen LogP contribution in [0.5, 0.6) is 6.01 Å². The summed E-state index contributed by atoms with van der Waals surface area (Å²) in [6.45, 7) is 8.09. The van der Waals surface area contributed by atoms with Crippen molar-refractivity contribution in [3.63, 3.8) is 0 Å². The first-order valence-corrected chi connectivity index (χ1v) is 15.0. The van der Waals surface area contributed by atoms with Gasteiger partial charge in [-0.05, 0) is 69.8 Å². The van der Waals surface area contributed by atoms with Gasteiger partial charge in [0.25, 0.3) is 0 Å². The number of carbonyl (C=O) groups is 1. The molecule has 2 fully saturated rings. The van der Waals surface area contributed by atoms with Crippen molar-refractivity contribution in [1.82, 2.24) is 24.8 Å². The molecule has 216 valence electrons. The van der Waals surface area contributed by atoms with Gasteiger partial charge in [-0.2, -0.15) is 15.2 Å². The van der Waals surface area contributed by atoms with E-state index >= 15 is 0 Å². The molecule has 6 rings (SSSR count). The highest BCUT2D eigenvalue weighted by Crippen LogP contribution is 2.36. The summed E-state index contributed by atoms with van der Waals surface area (Å²) in [6.07, 6.45) is 12.8. The third-order valence-electron chi connectivity index (χ3n) is 9.32. The van der Waals surface area contributed by atoms with Crippen molar-refractivity contribution in [3.05, 3.63) is 47.9 Å². The Morgan fingerprint density at radius 2 is 2.07 bits per heavy atom. The number of piperazine rings is 1. The van der Waals surface area contributed by atoms with Crippen LogP contribution in [-0.2, 0) is 24.1 Å². The number of aryl methyl sites for hydroxylation is 1. The Hall–Kier alpha value is -3.71. The highest BCUT2D eigenvalue weighted by atomic mass is 16.5. The predicted molar refractivity (Wildman–Crippen MR) is 157 cm³/mol. The van der Waals surface area contributed by atoms with E-state index in [2.05, 4.69) is 45.4 Å². The highest BCUT2D eigenvalue weighted by molar-refractivity contribution is 5.87. The van der Waals surface area contributed by atoms with Crippen LogP contribution in [0, 0.1) is 11.3 Å². The molecule has 2 saturated heterocycles. The molecule has 0 N–H and O–H groups in total. The van der Waals surface area contributed by atoms with Crippen molar-refractivity contribution < 1.29 is 9.53 Å². The summed E-state index contributed by atoms with van der Waals surface area (Å²) < 4.78 is 6.30. The lowest BCUT2D eigenvalue weighted by atomic mass is 9.89. The number of fused-ring (bicyclic) bond motifs is 2. The molecule has 3 aliphatic heterocycles. The lowest BCUT2D eigenvalue weighted by Gasteiger charge is -2.43. The zero-order valence-corrected chi connectivity index (χ0v) is 24.0. The van der Waals surface area contributed by atoms with E-state index < -0.39 is 0 Å². The molecule has 0 saturated carbocycles. The number of pyridine rings is 1. The van der Waals surface area contributed by atoms with E-state index in [1.54, 1.807) is 4.90 Å². The zero-order chi connectivity index (χ0) is 28.3. The molecule has 2 aromatic heterocycles. The smallest absolute Gasteiger partial charge is 0.318 e. The Kier molecular flexibility index (Phi) is 8.06. The Balaban J connectivity index is 1.29. The second kappa shape index (κ2) is 12.0. The van der Waals surface area contributed by atoms with Crippen LogP contribution in [0.4, 0.5) is 11.5 Å². The number of aromatic nitrogens is 3. The molecular weight excluding hydrogens is 516 g/mol. The summed E-state index contributed by atoms with van der Waals surface area (Å²) in [7, 11) is 2.15. The number of likely N-dealkylation sites (N-methyl/N-ethyl adjacent to an activating group) is 1. The Bertz CT molecular complexity index is 1330. The zero-order valence-electron chi connectivity index (χ0n) is 24.0. The van der Waals surface area contributed by atoms with Crippen LogP contribution in [0.1, 0.15) is 48.9 Å². The number of ether oxygens (including phenoxy) is 1. The van der Waals surface area contributed by atoms with Crippen molar-refractivity contribution >= 4 is 17.4 Å². The molecule has 41 heavy (non-hydrogen) atoms. The van der Waals surface area contributed by atoms with Crippen LogP contribution >= 0.6 is 0 Å². The van der Waals surface area contributed by atoms with Gasteiger partial charge in [-0.1, -0.05) is 6.58 Å². The maximum Gasteiger partial charge on any atom is 0.318 e. The first-order chi connectivity index (χ1) is 20.1. The van der Waals surface area contributed by atoms with Gasteiger partial charge < -0.3 is 24.3 Å². The molecule has 3 atom stereocenters. The fourth-order valence-corrected chi connectivity index (χ4v) is 7.08. The van der Waals surface area contributed by atoms with Crippen molar-refractivity contribution in [1.29, 1.82) is 5.26 Å². The van der Waals surface area contributed by atoms with Crippen molar-refractivity contribution in [2.75, 3.05) is 56.2 Å². The molecule has 0 radical (unpaired) electrons. The lowest BCUT2D eigenvalue weighted by Crippen LogP contribution is -2.55. The molecule has 0 spiro atoms.